The smallest absolute Gasteiger partial charge is 0.234 e. The summed E-state index contributed by atoms with van der Waals surface area (Å²) >= 11 is 6.74. The topological polar surface area (TPSA) is 82.8 Å². The first kappa shape index (κ1) is 18.9. The van der Waals surface area contributed by atoms with E-state index in [4.69, 9.17) is 11.6 Å². The van der Waals surface area contributed by atoms with E-state index in [-0.39, 0.29) is 28.0 Å². The number of halogens is 2. The Morgan fingerprint density at radius 2 is 2.12 bits per heavy atom. The summed E-state index contributed by atoms with van der Waals surface area (Å²) in [5, 5.41) is 12.1. The fourth-order valence-electron chi connectivity index (χ4n) is 2.03. The van der Waals surface area contributed by atoms with Gasteiger partial charge in [-0.3, -0.25) is 9.59 Å². The Labute approximate surface area is 153 Å². The molecular formula is C17H13ClFN3O2S. The van der Waals surface area contributed by atoms with Gasteiger partial charge in [0.1, 0.15) is 16.9 Å². The first-order chi connectivity index (χ1) is 11.8. The number of aromatic nitrogens is 1. The average molecular weight is 378 g/mol. The number of carbonyl (C=O) groups excluding carboxylic acids is 2. The molecule has 0 saturated heterocycles. The molecule has 0 aliphatic carbocycles. The minimum Gasteiger partial charge on any atom is -0.325 e. The number of rotatable bonds is 5. The van der Waals surface area contributed by atoms with Gasteiger partial charge in [0.25, 0.3) is 0 Å². The molecule has 8 heteroatoms. The van der Waals surface area contributed by atoms with Gasteiger partial charge in [-0.25, -0.2) is 9.37 Å². The second-order valence-electron chi connectivity index (χ2n) is 5.11. The molecule has 128 valence electrons. The van der Waals surface area contributed by atoms with E-state index in [9.17, 15) is 19.2 Å². The number of nitriles is 1. The van der Waals surface area contributed by atoms with Crippen molar-refractivity contribution in [3.63, 3.8) is 0 Å². The molecule has 0 radical (unpaired) electrons. The van der Waals surface area contributed by atoms with Crippen molar-refractivity contribution in [2.24, 2.45) is 0 Å². The number of nitrogens with zero attached hydrogens (tertiary/aromatic N) is 2. The third-order valence-electron chi connectivity index (χ3n) is 3.22. The van der Waals surface area contributed by atoms with Crippen molar-refractivity contribution in [1.82, 2.24) is 4.98 Å². The number of Topliss-reactive ketones (excluding diaryl/α,β-unsaturated/α-hetero) is 1. The fourth-order valence-corrected chi connectivity index (χ4v) is 3.02. The quantitative estimate of drug-likeness (QED) is 0.629. The number of ketones is 1. The minimum atomic E-state index is -0.571. The highest BCUT2D eigenvalue weighted by molar-refractivity contribution is 8.00. The molecule has 0 fully saturated rings. The van der Waals surface area contributed by atoms with Gasteiger partial charge in [0.15, 0.2) is 5.78 Å². The van der Waals surface area contributed by atoms with Crippen molar-refractivity contribution in [2.75, 3.05) is 11.1 Å². The van der Waals surface area contributed by atoms with Gasteiger partial charge in [-0.15, -0.1) is 0 Å². The summed E-state index contributed by atoms with van der Waals surface area (Å²) in [6.07, 6.45) is 0. The molecule has 1 heterocycles. The molecule has 5 nitrogen and oxygen atoms in total. The lowest BCUT2D eigenvalue weighted by Gasteiger charge is -2.08. The summed E-state index contributed by atoms with van der Waals surface area (Å²) in [7, 11) is 0. The van der Waals surface area contributed by atoms with Gasteiger partial charge in [-0.05, 0) is 38.1 Å². The van der Waals surface area contributed by atoms with Crippen molar-refractivity contribution in [3.8, 4) is 6.07 Å². The monoisotopic (exact) mass is 377 g/mol. The number of pyridine rings is 1. The minimum absolute atomic E-state index is 0.00443. The highest BCUT2D eigenvalue weighted by atomic mass is 35.5. The van der Waals surface area contributed by atoms with Gasteiger partial charge in [-0.2, -0.15) is 5.26 Å². The molecule has 0 aliphatic rings. The summed E-state index contributed by atoms with van der Waals surface area (Å²) in [6.45, 7) is 3.07. The van der Waals surface area contributed by atoms with Crippen LogP contribution in [0.15, 0.2) is 29.3 Å². The molecule has 0 atom stereocenters. The highest BCUT2D eigenvalue weighted by Crippen LogP contribution is 2.24. The van der Waals surface area contributed by atoms with E-state index in [1.54, 1.807) is 6.92 Å². The van der Waals surface area contributed by atoms with Crippen LogP contribution in [0.3, 0.4) is 0 Å². The lowest BCUT2D eigenvalue weighted by Crippen LogP contribution is -2.14. The van der Waals surface area contributed by atoms with Crippen molar-refractivity contribution in [1.29, 1.82) is 5.26 Å². The predicted molar refractivity (Wildman–Crippen MR) is 94.5 cm³/mol. The molecule has 0 aliphatic heterocycles. The van der Waals surface area contributed by atoms with Crippen molar-refractivity contribution < 1.29 is 14.0 Å². The lowest BCUT2D eigenvalue weighted by molar-refractivity contribution is -0.113. The van der Waals surface area contributed by atoms with Crippen LogP contribution in [0.25, 0.3) is 0 Å². The van der Waals surface area contributed by atoms with Gasteiger partial charge in [0.05, 0.1) is 16.3 Å². The van der Waals surface area contributed by atoms with Gasteiger partial charge < -0.3 is 5.32 Å². The molecule has 0 saturated carbocycles. The van der Waals surface area contributed by atoms with Gasteiger partial charge >= 0.3 is 0 Å². The zero-order chi connectivity index (χ0) is 18.6. The van der Waals surface area contributed by atoms with Crippen LogP contribution in [0, 0.1) is 24.1 Å². The van der Waals surface area contributed by atoms with Crippen molar-refractivity contribution >= 4 is 40.7 Å². The Bertz CT molecular complexity index is 896. The third-order valence-corrected chi connectivity index (χ3v) is 4.50. The van der Waals surface area contributed by atoms with E-state index < -0.39 is 5.82 Å². The molecule has 2 rings (SSSR count). The Hall–Kier alpha value is -2.43. The van der Waals surface area contributed by atoms with E-state index in [1.165, 1.54) is 25.1 Å². The fraction of sp³-hybridized carbons (Fsp3) is 0.176. The molecule has 2 aromatic rings. The first-order valence-corrected chi connectivity index (χ1v) is 8.48. The SMILES string of the molecule is CC(=O)c1cc(C#N)c(SCC(=O)Nc2ccc(F)c(Cl)c2)nc1C. The van der Waals surface area contributed by atoms with E-state index in [0.717, 1.165) is 17.8 Å². The number of anilines is 1. The standard InChI is InChI=1S/C17H13ClFN3O2S/c1-9-13(10(2)23)5-11(7-20)17(21-9)25-8-16(24)22-12-3-4-15(19)14(18)6-12/h3-6H,8H2,1-2H3,(H,22,24). The number of nitrogens with one attached hydrogen (secondary N) is 1. The second-order valence-corrected chi connectivity index (χ2v) is 6.48. The normalized spacial score (nSPS) is 10.2. The van der Waals surface area contributed by atoms with E-state index in [1.807, 2.05) is 6.07 Å². The van der Waals surface area contributed by atoms with Gasteiger partial charge in [0, 0.05) is 16.9 Å². The summed E-state index contributed by atoms with van der Waals surface area (Å²) in [5.41, 5.74) is 1.48. The van der Waals surface area contributed by atoms with E-state index >= 15 is 0 Å². The molecule has 1 amide bonds. The lowest BCUT2D eigenvalue weighted by atomic mass is 10.1. The number of thioether (sulfide) groups is 1. The van der Waals surface area contributed by atoms with Crippen LogP contribution >= 0.6 is 23.4 Å². The number of hydrogen-bond donors (Lipinski definition) is 1. The van der Waals surface area contributed by atoms with Crippen LogP contribution in [-0.4, -0.2) is 22.4 Å². The Kier molecular flexibility index (Phi) is 6.12. The van der Waals surface area contributed by atoms with Crippen LogP contribution < -0.4 is 5.32 Å². The molecule has 1 aromatic carbocycles. The molecule has 1 aromatic heterocycles. The molecule has 0 unspecified atom stereocenters. The zero-order valence-corrected chi connectivity index (χ0v) is 15.0. The van der Waals surface area contributed by atoms with Crippen LogP contribution in [0.5, 0.6) is 0 Å². The van der Waals surface area contributed by atoms with Gasteiger partial charge in [0.2, 0.25) is 5.91 Å². The van der Waals surface area contributed by atoms with Crippen molar-refractivity contribution in [3.05, 3.63) is 51.9 Å². The molecule has 0 spiro atoms. The summed E-state index contributed by atoms with van der Waals surface area (Å²) in [6, 6.07) is 7.32. The van der Waals surface area contributed by atoms with Crippen LogP contribution in [0.4, 0.5) is 10.1 Å². The number of aryl methyl sites for hydroxylation is 1. The number of carbonyl (C=O) groups is 2. The Morgan fingerprint density at radius 3 is 2.72 bits per heavy atom. The number of benzene rings is 1. The van der Waals surface area contributed by atoms with E-state index in [2.05, 4.69) is 10.3 Å². The Balaban J connectivity index is 2.09. The summed E-state index contributed by atoms with van der Waals surface area (Å²) < 4.78 is 13.1. The maximum absolute atomic E-state index is 13.1. The molecular weight excluding hydrogens is 365 g/mol. The number of hydrogen-bond acceptors (Lipinski definition) is 5. The number of amides is 1. The van der Waals surface area contributed by atoms with E-state index in [0.29, 0.717) is 22.0 Å². The van der Waals surface area contributed by atoms with Crippen LogP contribution in [0.1, 0.15) is 28.5 Å². The predicted octanol–water partition coefficient (Wildman–Crippen LogP) is 3.99. The highest BCUT2D eigenvalue weighted by Gasteiger charge is 2.14. The largest absolute Gasteiger partial charge is 0.325 e. The second kappa shape index (κ2) is 8.10. The van der Waals surface area contributed by atoms with Crippen molar-refractivity contribution in [2.45, 2.75) is 18.9 Å². The average Bonchev–Trinajstić information content (AvgIpc) is 2.56. The van der Waals surface area contributed by atoms with Crippen LogP contribution in [0.2, 0.25) is 5.02 Å². The Morgan fingerprint density at radius 1 is 1.40 bits per heavy atom. The molecule has 25 heavy (non-hydrogen) atoms. The summed E-state index contributed by atoms with van der Waals surface area (Å²) in [5.74, 6) is -1.11. The maximum atomic E-state index is 13.1. The first-order valence-electron chi connectivity index (χ1n) is 7.12. The van der Waals surface area contributed by atoms with Crippen LogP contribution in [-0.2, 0) is 4.79 Å². The zero-order valence-electron chi connectivity index (χ0n) is 13.4. The van der Waals surface area contributed by atoms with Gasteiger partial charge in [-0.1, -0.05) is 23.4 Å². The maximum Gasteiger partial charge on any atom is 0.234 e. The molecule has 0 bridgehead atoms. The molecule has 1 N–H and O–H groups in total. The third kappa shape index (κ3) is 4.78. The summed E-state index contributed by atoms with van der Waals surface area (Å²) in [4.78, 5) is 27.8.